The molecule has 0 aromatic heterocycles. The third-order valence-electron chi connectivity index (χ3n) is 4.99. The Hall–Kier alpha value is -1.44. The van der Waals surface area contributed by atoms with Gasteiger partial charge < -0.3 is 9.80 Å². The highest BCUT2D eigenvalue weighted by molar-refractivity contribution is 5.50. The van der Waals surface area contributed by atoms with E-state index in [0.717, 1.165) is 25.1 Å². The quantitative estimate of drug-likeness (QED) is 0.686. The van der Waals surface area contributed by atoms with Gasteiger partial charge in [-0.1, -0.05) is 32.1 Å². The molecular formula is C20H32N2. The molecule has 0 aromatic carbocycles. The fraction of sp³-hybridized carbons (Fsp3) is 0.600. The highest BCUT2D eigenvalue weighted by atomic mass is 15.2. The first kappa shape index (κ1) is 16.9. The summed E-state index contributed by atoms with van der Waals surface area (Å²) in [7, 11) is 0. The summed E-state index contributed by atoms with van der Waals surface area (Å²) in [5.74, 6) is 0. The Labute approximate surface area is 136 Å². The zero-order valence-electron chi connectivity index (χ0n) is 14.9. The molecule has 0 aromatic rings. The van der Waals surface area contributed by atoms with Crippen LogP contribution in [-0.4, -0.2) is 29.4 Å². The van der Waals surface area contributed by atoms with E-state index in [-0.39, 0.29) is 0 Å². The number of allylic oxidation sites excluding steroid dienone is 4. The molecule has 2 heterocycles. The van der Waals surface area contributed by atoms with E-state index in [4.69, 9.17) is 0 Å². The van der Waals surface area contributed by atoms with Crippen molar-refractivity contribution in [3.8, 4) is 0 Å². The maximum Gasteiger partial charge on any atom is 0.0478 e. The van der Waals surface area contributed by atoms with Gasteiger partial charge in [0.1, 0.15) is 0 Å². The van der Waals surface area contributed by atoms with Gasteiger partial charge in [-0.05, 0) is 52.0 Å². The molecule has 0 bridgehead atoms. The Bertz CT molecular complexity index is 496. The Morgan fingerprint density at radius 1 is 1.14 bits per heavy atom. The highest BCUT2D eigenvalue weighted by Gasteiger charge is 2.24. The van der Waals surface area contributed by atoms with Crippen LogP contribution >= 0.6 is 0 Å². The van der Waals surface area contributed by atoms with Crippen molar-refractivity contribution in [2.24, 2.45) is 0 Å². The van der Waals surface area contributed by atoms with E-state index in [2.05, 4.69) is 56.2 Å². The van der Waals surface area contributed by atoms with Crippen molar-refractivity contribution in [1.29, 1.82) is 0 Å². The molecule has 1 fully saturated rings. The molecule has 2 aliphatic rings. The maximum atomic E-state index is 4.28. The van der Waals surface area contributed by atoms with Gasteiger partial charge in [0.05, 0.1) is 0 Å². The van der Waals surface area contributed by atoms with Crippen molar-refractivity contribution in [2.45, 2.75) is 59.8 Å². The number of likely N-dealkylation sites (tertiary alicyclic amines) is 1. The molecule has 0 N–H and O–H groups in total. The number of hydrogen-bond donors (Lipinski definition) is 0. The van der Waals surface area contributed by atoms with Crippen LogP contribution in [-0.2, 0) is 0 Å². The molecule has 2 aliphatic heterocycles. The third kappa shape index (κ3) is 3.48. The van der Waals surface area contributed by atoms with Gasteiger partial charge in [0.15, 0.2) is 0 Å². The molecule has 0 saturated carbocycles. The average molecular weight is 300 g/mol. The molecule has 0 radical (unpaired) electrons. The minimum atomic E-state index is 0.985. The molecule has 0 spiro atoms. The second-order valence-corrected chi connectivity index (χ2v) is 6.32. The largest absolute Gasteiger partial charge is 0.371 e. The predicted molar refractivity (Wildman–Crippen MR) is 96.4 cm³/mol. The minimum Gasteiger partial charge on any atom is -0.371 e. The Kier molecular flexibility index (Phi) is 5.93. The summed E-state index contributed by atoms with van der Waals surface area (Å²) in [5, 5.41) is 0. The van der Waals surface area contributed by atoms with Gasteiger partial charge in [0.2, 0.25) is 0 Å². The summed E-state index contributed by atoms with van der Waals surface area (Å²) >= 11 is 0. The van der Waals surface area contributed by atoms with Crippen LogP contribution in [0, 0.1) is 0 Å². The summed E-state index contributed by atoms with van der Waals surface area (Å²) in [6.07, 6.45) is 11.0. The zero-order valence-corrected chi connectivity index (χ0v) is 14.9. The minimum absolute atomic E-state index is 0.985. The van der Waals surface area contributed by atoms with E-state index in [1.165, 1.54) is 54.9 Å². The van der Waals surface area contributed by atoms with Crippen molar-refractivity contribution in [3.63, 3.8) is 0 Å². The number of hydrogen-bond acceptors (Lipinski definition) is 2. The fourth-order valence-electron chi connectivity index (χ4n) is 3.53. The molecule has 0 atom stereocenters. The van der Waals surface area contributed by atoms with Crippen molar-refractivity contribution in [2.75, 3.05) is 19.6 Å². The number of nitrogens with zero attached hydrogens (tertiary/aromatic N) is 2. The third-order valence-corrected chi connectivity index (χ3v) is 4.99. The first-order chi connectivity index (χ1) is 10.6. The highest BCUT2D eigenvalue weighted by Crippen LogP contribution is 2.33. The molecule has 2 heteroatoms. The number of likely N-dealkylation sites (N-methyl/N-ethyl adjacent to an activating group) is 1. The van der Waals surface area contributed by atoms with E-state index in [1.807, 2.05) is 0 Å². The normalized spacial score (nSPS) is 19.5. The van der Waals surface area contributed by atoms with E-state index in [1.54, 1.807) is 0 Å². The first-order valence-corrected chi connectivity index (χ1v) is 8.96. The van der Waals surface area contributed by atoms with Gasteiger partial charge in [-0.2, -0.15) is 0 Å². The van der Waals surface area contributed by atoms with Gasteiger partial charge in [-0.3, -0.25) is 0 Å². The lowest BCUT2D eigenvalue weighted by atomic mass is 9.96. The predicted octanol–water partition coefficient (Wildman–Crippen LogP) is 5.23. The van der Waals surface area contributed by atoms with Gasteiger partial charge >= 0.3 is 0 Å². The standard InChI is InChI=1S/C20H32N2/c1-6-18(7-2)15-19-17(5)22(8-3)16(4)14-20(19)21-12-10-9-11-13-21/h14-15H,4,6-13H2,1-3,5H3. The van der Waals surface area contributed by atoms with Gasteiger partial charge in [-0.15, -0.1) is 0 Å². The molecule has 1 saturated heterocycles. The SMILES string of the molecule is C=C1C=C(N2CCCCC2)C(C=C(CC)CC)=C(C)N1CC. The molecule has 122 valence electrons. The summed E-state index contributed by atoms with van der Waals surface area (Å²) in [4.78, 5) is 4.90. The second-order valence-electron chi connectivity index (χ2n) is 6.32. The van der Waals surface area contributed by atoms with E-state index in [9.17, 15) is 0 Å². The van der Waals surface area contributed by atoms with Crippen molar-refractivity contribution in [1.82, 2.24) is 9.80 Å². The van der Waals surface area contributed by atoms with Crippen LogP contribution in [0.1, 0.15) is 59.8 Å². The van der Waals surface area contributed by atoms with Gasteiger partial charge in [0, 0.05) is 42.3 Å². The smallest absolute Gasteiger partial charge is 0.0478 e. The van der Waals surface area contributed by atoms with Crippen LogP contribution in [0.4, 0.5) is 0 Å². The first-order valence-electron chi connectivity index (χ1n) is 8.96. The molecule has 0 aliphatic carbocycles. The van der Waals surface area contributed by atoms with Crippen LogP contribution in [0.3, 0.4) is 0 Å². The van der Waals surface area contributed by atoms with E-state index in [0.29, 0.717) is 0 Å². The molecule has 2 rings (SSSR count). The number of rotatable bonds is 5. The Balaban J connectivity index is 2.43. The van der Waals surface area contributed by atoms with E-state index < -0.39 is 0 Å². The molecular weight excluding hydrogens is 268 g/mol. The Morgan fingerprint density at radius 2 is 1.77 bits per heavy atom. The van der Waals surface area contributed by atoms with Crippen molar-refractivity contribution in [3.05, 3.63) is 47.0 Å². The van der Waals surface area contributed by atoms with Crippen LogP contribution in [0.2, 0.25) is 0 Å². The van der Waals surface area contributed by atoms with Crippen LogP contribution < -0.4 is 0 Å². The topological polar surface area (TPSA) is 6.48 Å². The summed E-state index contributed by atoms with van der Waals surface area (Å²) in [6, 6.07) is 0. The van der Waals surface area contributed by atoms with Gasteiger partial charge in [-0.25, -0.2) is 0 Å². The summed E-state index contributed by atoms with van der Waals surface area (Å²) in [5.41, 5.74) is 6.82. The van der Waals surface area contributed by atoms with Crippen LogP contribution in [0.25, 0.3) is 0 Å². The fourth-order valence-corrected chi connectivity index (χ4v) is 3.53. The van der Waals surface area contributed by atoms with Crippen molar-refractivity contribution >= 4 is 0 Å². The molecule has 0 unspecified atom stereocenters. The number of piperidine rings is 1. The van der Waals surface area contributed by atoms with Crippen LogP contribution in [0.15, 0.2) is 47.0 Å². The van der Waals surface area contributed by atoms with Crippen molar-refractivity contribution < 1.29 is 0 Å². The zero-order chi connectivity index (χ0) is 16.1. The lowest BCUT2D eigenvalue weighted by Crippen LogP contribution is -2.34. The summed E-state index contributed by atoms with van der Waals surface area (Å²) < 4.78 is 0. The maximum absolute atomic E-state index is 4.28. The second kappa shape index (κ2) is 7.71. The lowest BCUT2D eigenvalue weighted by Gasteiger charge is -2.38. The molecule has 2 nitrogen and oxygen atoms in total. The summed E-state index contributed by atoms with van der Waals surface area (Å²) in [6.45, 7) is 16.6. The molecule has 22 heavy (non-hydrogen) atoms. The molecule has 0 amide bonds. The van der Waals surface area contributed by atoms with Crippen LogP contribution in [0.5, 0.6) is 0 Å². The monoisotopic (exact) mass is 300 g/mol. The van der Waals surface area contributed by atoms with E-state index >= 15 is 0 Å². The lowest BCUT2D eigenvalue weighted by molar-refractivity contribution is 0.285. The Morgan fingerprint density at radius 3 is 2.32 bits per heavy atom. The average Bonchev–Trinajstić information content (AvgIpc) is 2.55. The van der Waals surface area contributed by atoms with Gasteiger partial charge in [0.25, 0.3) is 0 Å².